The van der Waals surface area contributed by atoms with E-state index in [1.807, 2.05) is 42.5 Å². The Morgan fingerprint density at radius 2 is 1.61 bits per heavy atom. The van der Waals surface area contributed by atoms with Gasteiger partial charge in [-0.2, -0.15) is 0 Å². The topological polar surface area (TPSA) is 34.1 Å². The van der Waals surface area contributed by atoms with E-state index in [0.29, 0.717) is 12.0 Å². The highest BCUT2D eigenvalue weighted by Gasteiger charge is 2.27. The number of fused-ring (bicyclic) bond motifs is 2. The minimum atomic E-state index is -0.455. The van der Waals surface area contributed by atoms with Gasteiger partial charge < -0.3 is 0 Å². The third-order valence-electron chi connectivity index (χ3n) is 3.41. The van der Waals surface area contributed by atoms with Crippen LogP contribution in [0, 0.1) is 0 Å². The highest BCUT2D eigenvalue weighted by molar-refractivity contribution is 6.01. The summed E-state index contributed by atoms with van der Waals surface area (Å²) in [4.78, 5) is 23.5. The van der Waals surface area contributed by atoms with Crippen LogP contribution in [0.15, 0.2) is 48.5 Å². The first kappa shape index (κ1) is 10.9. The van der Waals surface area contributed by atoms with Gasteiger partial charge in [0.1, 0.15) is 0 Å². The number of carbonyl (C=O) groups excluding carboxylic acids is 2. The molecule has 2 heteroatoms. The fraction of sp³-hybridized carbons (Fsp3) is 0.125. The number of hydrogen-bond acceptors (Lipinski definition) is 2. The third kappa shape index (κ3) is 1.58. The Labute approximate surface area is 105 Å². The molecule has 0 bridgehead atoms. The van der Waals surface area contributed by atoms with Gasteiger partial charge in [0, 0.05) is 12.0 Å². The highest BCUT2D eigenvalue weighted by Crippen LogP contribution is 2.32. The number of Topliss-reactive ketones (excluding diaryl/α,β-unsaturated/α-hetero) is 1. The Morgan fingerprint density at radius 3 is 2.39 bits per heavy atom. The Bertz CT molecular complexity index is 628. The zero-order chi connectivity index (χ0) is 12.5. The van der Waals surface area contributed by atoms with E-state index in [4.69, 9.17) is 0 Å². The molecule has 1 aliphatic rings. The smallest absolute Gasteiger partial charge is 0.211 e. The molecule has 0 heterocycles. The van der Waals surface area contributed by atoms with E-state index >= 15 is 0 Å². The Kier molecular flexibility index (Phi) is 2.56. The van der Waals surface area contributed by atoms with Crippen LogP contribution in [-0.4, -0.2) is 12.1 Å². The van der Waals surface area contributed by atoms with Crippen molar-refractivity contribution in [2.75, 3.05) is 0 Å². The maximum atomic E-state index is 12.2. The lowest BCUT2D eigenvalue weighted by Crippen LogP contribution is -2.06. The van der Waals surface area contributed by atoms with Gasteiger partial charge in [-0.1, -0.05) is 48.5 Å². The summed E-state index contributed by atoms with van der Waals surface area (Å²) in [6.45, 7) is 0. The highest BCUT2D eigenvalue weighted by atomic mass is 16.1. The molecule has 2 aromatic carbocycles. The minimum Gasteiger partial charge on any atom is -0.294 e. The second kappa shape index (κ2) is 4.22. The molecule has 2 aromatic rings. The molecule has 87 valence electrons. The third-order valence-corrected chi connectivity index (χ3v) is 3.41. The monoisotopic (exact) mass is 235 g/mol. The van der Waals surface area contributed by atoms with Crippen molar-refractivity contribution >= 4 is 12.1 Å². The fourth-order valence-corrected chi connectivity index (χ4v) is 2.54. The lowest BCUT2D eigenvalue weighted by atomic mass is 9.89. The minimum absolute atomic E-state index is 0.0656. The van der Waals surface area contributed by atoms with Gasteiger partial charge in [0.25, 0.3) is 0 Å². The SMILES string of the molecule is O=[C]C1c2ccccc2CC(=O)c2ccccc21. The summed E-state index contributed by atoms with van der Waals surface area (Å²) in [5.41, 5.74) is 3.22. The van der Waals surface area contributed by atoms with E-state index in [1.54, 1.807) is 6.07 Å². The molecule has 0 spiro atoms. The zero-order valence-electron chi connectivity index (χ0n) is 9.72. The molecule has 1 aliphatic carbocycles. The first-order chi connectivity index (χ1) is 8.81. The zero-order valence-corrected chi connectivity index (χ0v) is 9.72. The second-order valence-electron chi connectivity index (χ2n) is 4.44. The van der Waals surface area contributed by atoms with Crippen molar-refractivity contribution in [1.82, 2.24) is 0 Å². The van der Waals surface area contributed by atoms with Crippen LogP contribution in [0.4, 0.5) is 0 Å². The summed E-state index contributed by atoms with van der Waals surface area (Å²) in [6.07, 6.45) is 2.43. The van der Waals surface area contributed by atoms with Crippen LogP contribution in [0.25, 0.3) is 0 Å². The van der Waals surface area contributed by atoms with Gasteiger partial charge >= 0.3 is 0 Å². The first-order valence-corrected chi connectivity index (χ1v) is 5.89. The summed E-state index contributed by atoms with van der Waals surface area (Å²) < 4.78 is 0. The standard InChI is InChI=1S/C16H11O2/c17-10-15-12-6-2-1-5-11(12)9-16(18)14-8-4-3-7-13(14)15/h1-8,15H,9H2. The van der Waals surface area contributed by atoms with E-state index < -0.39 is 5.92 Å². The predicted octanol–water partition coefficient (Wildman–Crippen LogP) is 2.67. The van der Waals surface area contributed by atoms with E-state index in [1.165, 1.54) is 0 Å². The summed E-state index contributed by atoms with van der Waals surface area (Å²) >= 11 is 0. The number of benzene rings is 2. The van der Waals surface area contributed by atoms with Crippen LogP contribution in [0.2, 0.25) is 0 Å². The van der Waals surface area contributed by atoms with Crippen LogP contribution in [0.5, 0.6) is 0 Å². The van der Waals surface area contributed by atoms with Gasteiger partial charge in [-0.25, -0.2) is 0 Å². The maximum Gasteiger partial charge on any atom is 0.211 e. The molecule has 1 unspecified atom stereocenters. The van der Waals surface area contributed by atoms with Gasteiger partial charge in [-0.3, -0.25) is 9.59 Å². The Balaban J connectivity index is 2.30. The maximum absolute atomic E-state index is 12.2. The van der Waals surface area contributed by atoms with Crippen molar-refractivity contribution in [3.8, 4) is 0 Å². The van der Waals surface area contributed by atoms with E-state index in [9.17, 15) is 9.59 Å². The lowest BCUT2D eigenvalue weighted by Gasteiger charge is -2.12. The van der Waals surface area contributed by atoms with E-state index in [2.05, 4.69) is 6.29 Å². The van der Waals surface area contributed by atoms with Crippen LogP contribution in [0.3, 0.4) is 0 Å². The summed E-state index contributed by atoms with van der Waals surface area (Å²) in [5.74, 6) is -0.389. The molecular weight excluding hydrogens is 224 g/mol. The Morgan fingerprint density at radius 1 is 0.944 bits per heavy atom. The molecule has 0 N–H and O–H groups in total. The molecule has 0 saturated carbocycles. The molecule has 0 amide bonds. The molecule has 0 aromatic heterocycles. The van der Waals surface area contributed by atoms with Gasteiger partial charge in [0.15, 0.2) is 5.78 Å². The lowest BCUT2D eigenvalue weighted by molar-refractivity contribution is 0.0993. The molecule has 3 rings (SSSR count). The van der Waals surface area contributed by atoms with Gasteiger partial charge in [-0.15, -0.1) is 0 Å². The van der Waals surface area contributed by atoms with E-state index in [0.717, 1.165) is 16.7 Å². The van der Waals surface area contributed by atoms with E-state index in [-0.39, 0.29) is 5.78 Å². The molecule has 1 atom stereocenters. The molecule has 0 saturated heterocycles. The first-order valence-electron chi connectivity index (χ1n) is 5.89. The summed E-state index contributed by atoms with van der Waals surface area (Å²) in [6, 6.07) is 14.9. The van der Waals surface area contributed by atoms with Crippen molar-refractivity contribution in [3.05, 3.63) is 70.8 Å². The average molecular weight is 235 g/mol. The normalized spacial score (nSPS) is 17.6. The summed E-state index contributed by atoms with van der Waals surface area (Å²) in [5, 5.41) is 0. The number of carbonyl (C=O) groups is 1. The number of rotatable bonds is 1. The Hall–Kier alpha value is -2.22. The van der Waals surface area contributed by atoms with Gasteiger partial charge in [0.05, 0.1) is 5.92 Å². The molecule has 1 radical (unpaired) electrons. The van der Waals surface area contributed by atoms with Crippen LogP contribution in [0.1, 0.15) is 33.0 Å². The molecule has 0 aliphatic heterocycles. The number of ketones is 1. The van der Waals surface area contributed by atoms with Crippen molar-refractivity contribution < 1.29 is 9.59 Å². The average Bonchev–Trinajstić information content (AvgIpc) is 2.53. The fourth-order valence-electron chi connectivity index (χ4n) is 2.54. The van der Waals surface area contributed by atoms with Crippen molar-refractivity contribution in [2.45, 2.75) is 12.3 Å². The molecule has 18 heavy (non-hydrogen) atoms. The van der Waals surface area contributed by atoms with Crippen molar-refractivity contribution in [1.29, 1.82) is 0 Å². The predicted molar refractivity (Wildman–Crippen MR) is 68.5 cm³/mol. The number of hydrogen-bond donors (Lipinski definition) is 0. The second-order valence-corrected chi connectivity index (χ2v) is 4.44. The van der Waals surface area contributed by atoms with Crippen molar-refractivity contribution in [3.63, 3.8) is 0 Å². The quantitative estimate of drug-likeness (QED) is 0.761. The van der Waals surface area contributed by atoms with Crippen LogP contribution in [-0.2, 0) is 11.2 Å². The molecule has 0 fully saturated rings. The molecular formula is C16H11O2. The van der Waals surface area contributed by atoms with Crippen LogP contribution >= 0.6 is 0 Å². The van der Waals surface area contributed by atoms with Crippen LogP contribution < -0.4 is 0 Å². The van der Waals surface area contributed by atoms with Gasteiger partial charge in [0.2, 0.25) is 6.29 Å². The van der Waals surface area contributed by atoms with Crippen molar-refractivity contribution in [2.24, 2.45) is 0 Å². The van der Waals surface area contributed by atoms with Gasteiger partial charge in [-0.05, 0) is 16.7 Å². The molecule has 2 nitrogen and oxygen atoms in total. The largest absolute Gasteiger partial charge is 0.294 e. The summed E-state index contributed by atoms with van der Waals surface area (Å²) in [7, 11) is 0.